The third-order valence-corrected chi connectivity index (χ3v) is 2.42. The summed E-state index contributed by atoms with van der Waals surface area (Å²) in [5.74, 6) is 0. The van der Waals surface area contributed by atoms with Crippen molar-refractivity contribution in [3.05, 3.63) is 0 Å². The molecular formula is C8H16OS. The molecule has 1 aliphatic heterocycles. The normalized spacial score (nSPS) is 34.2. The first-order valence-corrected chi connectivity index (χ1v) is 4.64. The van der Waals surface area contributed by atoms with E-state index in [0.29, 0.717) is 11.4 Å². The SMILES string of the molecule is CCCC1CC(S)CCO1. The summed E-state index contributed by atoms with van der Waals surface area (Å²) in [6.07, 6.45) is 5.21. The minimum atomic E-state index is 0.501. The summed E-state index contributed by atoms with van der Waals surface area (Å²) in [6.45, 7) is 3.12. The summed E-state index contributed by atoms with van der Waals surface area (Å²) in [6, 6.07) is 0. The zero-order valence-electron chi connectivity index (χ0n) is 6.55. The lowest BCUT2D eigenvalue weighted by molar-refractivity contribution is 0.0139. The summed E-state index contributed by atoms with van der Waals surface area (Å²) >= 11 is 4.43. The molecule has 0 aromatic carbocycles. The number of rotatable bonds is 2. The molecule has 1 rings (SSSR count). The molecule has 2 atom stereocenters. The second-order valence-electron chi connectivity index (χ2n) is 2.96. The van der Waals surface area contributed by atoms with Gasteiger partial charge in [0.1, 0.15) is 0 Å². The van der Waals surface area contributed by atoms with Crippen molar-refractivity contribution < 1.29 is 4.74 Å². The summed E-state index contributed by atoms with van der Waals surface area (Å²) < 4.78 is 5.54. The van der Waals surface area contributed by atoms with Gasteiger partial charge in [-0.2, -0.15) is 12.6 Å². The third kappa shape index (κ3) is 2.51. The molecule has 10 heavy (non-hydrogen) atoms. The van der Waals surface area contributed by atoms with Crippen LogP contribution in [0.25, 0.3) is 0 Å². The van der Waals surface area contributed by atoms with E-state index in [1.165, 1.54) is 12.8 Å². The van der Waals surface area contributed by atoms with E-state index in [1.54, 1.807) is 0 Å². The maximum Gasteiger partial charge on any atom is 0.0585 e. The van der Waals surface area contributed by atoms with E-state index in [2.05, 4.69) is 19.6 Å². The van der Waals surface area contributed by atoms with E-state index in [1.807, 2.05) is 0 Å². The number of ether oxygens (including phenoxy) is 1. The van der Waals surface area contributed by atoms with E-state index in [4.69, 9.17) is 4.74 Å². The van der Waals surface area contributed by atoms with Gasteiger partial charge in [0.05, 0.1) is 6.10 Å². The third-order valence-electron chi connectivity index (χ3n) is 1.95. The van der Waals surface area contributed by atoms with Crippen molar-refractivity contribution in [3.63, 3.8) is 0 Å². The molecule has 1 aliphatic rings. The van der Waals surface area contributed by atoms with Gasteiger partial charge in [0.2, 0.25) is 0 Å². The highest BCUT2D eigenvalue weighted by molar-refractivity contribution is 7.80. The topological polar surface area (TPSA) is 9.23 Å². The molecule has 0 radical (unpaired) electrons. The molecule has 0 aromatic rings. The molecule has 1 heterocycles. The fourth-order valence-electron chi connectivity index (χ4n) is 1.38. The average Bonchev–Trinajstić information content (AvgIpc) is 1.88. The Morgan fingerprint density at radius 2 is 2.40 bits per heavy atom. The van der Waals surface area contributed by atoms with Crippen LogP contribution in [-0.2, 0) is 4.74 Å². The van der Waals surface area contributed by atoms with Crippen molar-refractivity contribution in [1.82, 2.24) is 0 Å². The van der Waals surface area contributed by atoms with Crippen LogP contribution in [0.5, 0.6) is 0 Å². The standard InChI is InChI=1S/C8H16OS/c1-2-3-7-6-8(10)4-5-9-7/h7-8,10H,2-6H2,1H3. The lowest BCUT2D eigenvalue weighted by Crippen LogP contribution is -2.25. The molecule has 0 amide bonds. The Labute approximate surface area is 68.6 Å². The minimum absolute atomic E-state index is 0.501. The Hall–Kier alpha value is 0.310. The van der Waals surface area contributed by atoms with Gasteiger partial charge in [-0.05, 0) is 19.3 Å². The van der Waals surface area contributed by atoms with Gasteiger partial charge in [-0.25, -0.2) is 0 Å². The largest absolute Gasteiger partial charge is 0.378 e. The van der Waals surface area contributed by atoms with Gasteiger partial charge in [0, 0.05) is 11.9 Å². The van der Waals surface area contributed by atoms with Crippen molar-refractivity contribution in [1.29, 1.82) is 0 Å². The van der Waals surface area contributed by atoms with Crippen LogP contribution in [0, 0.1) is 0 Å². The second-order valence-corrected chi connectivity index (χ2v) is 3.69. The van der Waals surface area contributed by atoms with Crippen molar-refractivity contribution in [3.8, 4) is 0 Å². The van der Waals surface area contributed by atoms with Crippen LogP contribution in [-0.4, -0.2) is 18.0 Å². The molecule has 0 aliphatic carbocycles. The molecule has 1 nitrogen and oxygen atoms in total. The lowest BCUT2D eigenvalue weighted by Gasteiger charge is -2.26. The highest BCUT2D eigenvalue weighted by Gasteiger charge is 2.18. The van der Waals surface area contributed by atoms with Crippen molar-refractivity contribution >= 4 is 12.6 Å². The van der Waals surface area contributed by atoms with Gasteiger partial charge in [-0.1, -0.05) is 13.3 Å². The smallest absolute Gasteiger partial charge is 0.0585 e. The number of hydrogen-bond donors (Lipinski definition) is 1. The van der Waals surface area contributed by atoms with E-state index in [9.17, 15) is 0 Å². The zero-order chi connectivity index (χ0) is 7.40. The average molecular weight is 160 g/mol. The highest BCUT2D eigenvalue weighted by Crippen LogP contribution is 2.20. The van der Waals surface area contributed by atoms with Crippen LogP contribution in [0.1, 0.15) is 32.6 Å². The van der Waals surface area contributed by atoms with Gasteiger partial charge in [0.15, 0.2) is 0 Å². The van der Waals surface area contributed by atoms with Gasteiger partial charge >= 0.3 is 0 Å². The molecule has 0 spiro atoms. The van der Waals surface area contributed by atoms with E-state index >= 15 is 0 Å². The Balaban J connectivity index is 2.18. The Bertz CT molecular complexity index is 93.3. The summed E-state index contributed by atoms with van der Waals surface area (Å²) in [4.78, 5) is 0. The molecule has 2 heteroatoms. The van der Waals surface area contributed by atoms with Crippen molar-refractivity contribution in [2.75, 3.05) is 6.61 Å². The summed E-state index contributed by atoms with van der Waals surface area (Å²) in [5, 5.41) is 0.588. The van der Waals surface area contributed by atoms with Gasteiger partial charge in [-0.15, -0.1) is 0 Å². The molecule has 0 aromatic heterocycles. The van der Waals surface area contributed by atoms with Crippen LogP contribution in [0.3, 0.4) is 0 Å². The maximum atomic E-state index is 5.54. The van der Waals surface area contributed by atoms with E-state index < -0.39 is 0 Å². The van der Waals surface area contributed by atoms with Gasteiger partial charge in [0.25, 0.3) is 0 Å². The first kappa shape index (κ1) is 8.41. The molecule has 0 saturated carbocycles. The van der Waals surface area contributed by atoms with E-state index in [0.717, 1.165) is 19.4 Å². The number of hydrogen-bond acceptors (Lipinski definition) is 2. The van der Waals surface area contributed by atoms with Crippen LogP contribution in [0.15, 0.2) is 0 Å². The molecule has 2 unspecified atom stereocenters. The quantitative estimate of drug-likeness (QED) is 0.610. The molecular weight excluding hydrogens is 144 g/mol. The first-order valence-electron chi connectivity index (χ1n) is 4.12. The fourth-order valence-corrected chi connectivity index (χ4v) is 1.72. The second kappa shape index (κ2) is 4.24. The van der Waals surface area contributed by atoms with Gasteiger partial charge < -0.3 is 4.74 Å². The molecule has 1 fully saturated rings. The molecule has 1 saturated heterocycles. The van der Waals surface area contributed by atoms with Crippen LogP contribution in [0.2, 0.25) is 0 Å². The highest BCUT2D eigenvalue weighted by atomic mass is 32.1. The predicted molar refractivity (Wildman–Crippen MR) is 46.7 cm³/mol. The van der Waals surface area contributed by atoms with Crippen molar-refractivity contribution in [2.45, 2.75) is 44.0 Å². The summed E-state index contributed by atoms with van der Waals surface area (Å²) in [5.41, 5.74) is 0. The Morgan fingerprint density at radius 1 is 1.60 bits per heavy atom. The van der Waals surface area contributed by atoms with E-state index in [-0.39, 0.29) is 0 Å². The van der Waals surface area contributed by atoms with Crippen LogP contribution in [0.4, 0.5) is 0 Å². The predicted octanol–water partition coefficient (Wildman–Crippen LogP) is 2.26. The molecule has 0 bridgehead atoms. The molecule has 60 valence electrons. The van der Waals surface area contributed by atoms with Crippen LogP contribution < -0.4 is 0 Å². The Morgan fingerprint density at radius 3 is 3.00 bits per heavy atom. The fraction of sp³-hybridized carbons (Fsp3) is 1.00. The number of thiol groups is 1. The summed E-state index contributed by atoms with van der Waals surface area (Å²) in [7, 11) is 0. The van der Waals surface area contributed by atoms with Crippen molar-refractivity contribution in [2.24, 2.45) is 0 Å². The lowest BCUT2D eigenvalue weighted by atomic mass is 10.0. The monoisotopic (exact) mass is 160 g/mol. The Kier molecular flexibility index (Phi) is 3.57. The zero-order valence-corrected chi connectivity index (χ0v) is 7.44. The minimum Gasteiger partial charge on any atom is -0.378 e. The maximum absolute atomic E-state index is 5.54. The van der Waals surface area contributed by atoms with Gasteiger partial charge in [-0.3, -0.25) is 0 Å². The first-order chi connectivity index (χ1) is 4.83. The molecule has 0 N–H and O–H groups in total. The van der Waals surface area contributed by atoms with Crippen LogP contribution >= 0.6 is 12.6 Å².